The van der Waals surface area contributed by atoms with Crippen LogP contribution in [0.4, 0.5) is 5.69 Å². The Hall–Kier alpha value is -3.97. The van der Waals surface area contributed by atoms with E-state index in [4.69, 9.17) is 4.74 Å². The van der Waals surface area contributed by atoms with Crippen LogP contribution in [0.5, 0.6) is 0 Å². The summed E-state index contributed by atoms with van der Waals surface area (Å²) in [4.78, 5) is 33.7. The molecule has 4 aromatic rings. The summed E-state index contributed by atoms with van der Waals surface area (Å²) in [5, 5.41) is 3.36. The van der Waals surface area contributed by atoms with E-state index in [1.54, 1.807) is 31.2 Å². The van der Waals surface area contributed by atoms with Crippen molar-refractivity contribution in [1.29, 1.82) is 0 Å². The molecule has 0 bridgehead atoms. The van der Waals surface area contributed by atoms with Crippen LogP contribution >= 0.6 is 11.8 Å². The minimum atomic E-state index is -0.388. The summed E-state index contributed by atoms with van der Waals surface area (Å²) < 4.78 is 4.98. The smallest absolute Gasteiger partial charge is 0.338 e. The quantitative estimate of drug-likeness (QED) is 0.202. The Morgan fingerprint density at radius 2 is 1.38 bits per heavy atom. The molecule has 0 atom stereocenters. The van der Waals surface area contributed by atoms with E-state index in [9.17, 15) is 9.59 Å². The lowest BCUT2D eigenvalue weighted by Gasteiger charge is -2.09. The first-order valence-corrected chi connectivity index (χ1v) is 11.8. The van der Waals surface area contributed by atoms with Crippen LogP contribution in [0.2, 0.25) is 0 Å². The van der Waals surface area contributed by atoms with Crippen LogP contribution in [0.1, 0.15) is 17.3 Å². The van der Waals surface area contributed by atoms with Crippen molar-refractivity contribution < 1.29 is 14.3 Å². The second-order valence-electron chi connectivity index (χ2n) is 7.29. The summed E-state index contributed by atoms with van der Waals surface area (Å²) in [5.41, 5.74) is 4.60. The first kappa shape index (κ1) is 23.2. The normalized spacial score (nSPS) is 10.5. The van der Waals surface area contributed by atoms with Gasteiger partial charge < -0.3 is 10.1 Å². The molecule has 1 amide bonds. The van der Waals surface area contributed by atoms with Gasteiger partial charge >= 0.3 is 5.97 Å². The molecule has 0 fully saturated rings. The molecular weight excluding hydrogens is 446 g/mol. The van der Waals surface area contributed by atoms with Gasteiger partial charge in [-0.2, -0.15) is 0 Å². The highest BCUT2D eigenvalue weighted by Crippen LogP contribution is 2.27. The number of carbonyl (C=O) groups excluding carboxylic acids is 2. The van der Waals surface area contributed by atoms with Crippen molar-refractivity contribution in [3.05, 3.63) is 96.6 Å². The van der Waals surface area contributed by atoms with Crippen LogP contribution < -0.4 is 5.32 Å². The van der Waals surface area contributed by atoms with Gasteiger partial charge in [-0.05, 0) is 37.3 Å². The molecule has 0 aliphatic heterocycles. The molecule has 6 nitrogen and oxygen atoms in total. The van der Waals surface area contributed by atoms with E-state index in [0.29, 0.717) is 23.0 Å². The minimum absolute atomic E-state index is 0.145. The van der Waals surface area contributed by atoms with Gasteiger partial charge in [-0.3, -0.25) is 4.79 Å². The Bertz CT molecular complexity index is 1210. The molecule has 7 heteroatoms. The lowest BCUT2D eigenvalue weighted by Crippen LogP contribution is -2.14. The number of benzene rings is 3. The number of hydrogen-bond acceptors (Lipinski definition) is 6. The number of hydrogen-bond donors (Lipinski definition) is 1. The molecule has 4 rings (SSSR count). The van der Waals surface area contributed by atoms with E-state index in [2.05, 4.69) is 15.3 Å². The van der Waals surface area contributed by atoms with E-state index >= 15 is 0 Å². The highest BCUT2D eigenvalue weighted by molar-refractivity contribution is 7.99. The average molecular weight is 470 g/mol. The number of nitrogens with zero attached hydrogens (tertiary/aromatic N) is 2. The predicted molar refractivity (Wildman–Crippen MR) is 135 cm³/mol. The molecule has 1 N–H and O–H groups in total. The Kier molecular flexibility index (Phi) is 7.67. The van der Waals surface area contributed by atoms with E-state index < -0.39 is 0 Å². The van der Waals surface area contributed by atoms with E-state index in [0.717, 1.165) is 22.5 Å². The van der Waals surface area contributed by atoms with Crippen LogP contribution in [-0.2, 0) is 9.53 Å². The van der Waals surface area contributed by atoms with Gasteiger partial charge in [-0.15, -0.1) is 0 Å². The van der Waals surface area contributed by atoms with Crippen LogP contribution in [0.3, 0.4) is 0 Å². The molecule has 1 heterocycles. The van der Waals surface area contributed by atoms with Crippen LogP contribution in [-0.4, -0.2) is 34.2 Å². The number of nitrogens with one attached hydrogen (secondary N) is 1. The summed E-state index contributed by atoms with van der Waals surface area (Å²) in [6.45, 7) is 2.07. The zero-order chi connectivity index (χ0) is 23.8. The molecular formula is C27H23N3O3S. The molecule has 0 spiro atoms. The Morgan fingerprint density at radius 1 is 0.824 bits per heavy atom. The molecule has 34 heavy (non-hydrogen) atoms. The van der Waals surface area contributed by atoms with Crippen LogP contribution in [0.15, 0.2) is 96.2 Å². The van der Waals surface area contributed by atoms with Gasteiger partial charge in [-0.25, -0.2) is 14.8 Å². The Labute approximate surface area is 202 Å². The van der Waals surface area contributed by atoms with Gasteiger partial charge in [0.15, 0.2) is 5.16 Å². The third-order valence-corrected chi connectivity index (χ3v) is 5.70. The van der Waals surface area contributed by atoms with Gasteiger partial charge in [0.1, 0.15) is 0 Å². The van der Waals surface area contributed by atoms with E-state index in [1.807, 2.05) is 66.7 Å². The molecule has 0 aliphatic carbocycles. The van der Waals surface area contributed by atoms with E-state index in [-0.39, 0.29) is 17.6 Å². The largest absolute Gasteiger partial charge is 0.462 e. The first-order valence-electron chi connectivity index (χ1n) is 10.8. The maximum atomic E-state index is 12.5. The highest BCUT2D eigenvalue weighted by Gasteiger charge is 2.12. The molecule has 0 radical (unpaired) electrons. The highest BCUT2D eigenvalue weighted by atomic mass is 32.2. The average Bonchev–Trinajstić information content (AvgIpc) is 2.89. The molecule has 0 saturated heterocycles. The zero-order valence-corrected chi connectivity index (χ0v) is 19.4. The third-order valence-electron chi connectivity index (χ3n) is 4.86. The predicted octanol–water partition coefficient (Wildman–Crippen LogP) is 5.72. The van der Waals surface area contributed by atoms with Gasteiger partial charge in [0.25, 0.3) is 0 Å². The zero-order valence-electron chi connectivity index (χ0n) is 18.6. The van der Waals surface area contributed by atoms with Crippen molar-refractivity contribution in [2.24, 2.45) is 0 Å². The van der Waals surface area contributed by atoms with Crippen LogP contribution in [0.25, 0.3) is 22.5 Å². The second kappa shape index (κ2) is 11.2. The summed E-state index contributed by atoms with van der Waals surface area (Å²) in [6, 6.07) is 28.3. The van der Waals surface area contributed by atoms with E-state index in [1.165, 1.54) is 11.8 Å². The summed E-state index contributed by atoms with van der Waals surface area (Å²) >= 11 is 1.27. The van der Waals surface area contributed by atoms with Crippen molar-refractivity contribution in [2.75, 3.05) is 17.7 Å². The molecule has 0 aliphatic rings. The summed E-state index contributed by atoms with van der Waals surface area (Å²) in [7, 11) is 0. The third kappa shape index (κ3) is 6.08. The number of ether oxygens (including phenoxy) is 1. The molecule has 3 aromatic carbocycles. The lowest BCUT2D eigenvalue weighted by atomic mass is 10.1. The maximum Gasteiger partial charge on any atom is 0.338 e. The molecule has 0 unspecified atom stereocenters. The monoisotopic (exact) mass is 469 g/mol. The topological polar surface area (TPSA) is 81.2 Å². The first-order chi connectivity index (χ1) is 16.6. The van der Waals surface area contributed by atoms with Crippen LogP contribution in [0, 0.1) is 0 Å². The van der Waals surface area contributed by atoms with Gasteiger partial charge in [0.2, 0.25) is 5.91 Å². The van der Waals surface area contributed by atoms with Crippen molar-refractivity contribution in [3.8, 4) is 22.5 Å². The number of amides is 1. The number of aromatic nitrogens is 2. The fourth-order valence-corrected chi connectivity index (χ4v) is 3.89. The number of esters is 1. The number of anilines is 1. The SMILES string of the molecule is CCOC(=O)c1ccc(NC(=O)CSc2nc(-c3ccccc3)cc(-c3ccccc3)n2)cc1. The summed E-state index contributed by atoms with van der Waals surface area (Å²) in [5.74, 6) is -0.434. The van der Waals surface area contributed by atoms with Gasteiger partial charge in [0, 0.05) is 16.8 Å². The number of thioether (sulfide) groups is 1. The lowest BCUT2D eigenvalue weighted by molar-refractivity contribution is -0.113. The molecule has 170 valence electrons. The molecule has 0 saturated carbocycles. The Balaban J connectivity index is 1.47. The fraction of sp³-hybridized carbons (Fsp3) is 0.111. The summed E-state index contributed by atoms with van der Waals surface area (Å²) in [6.07, 6.45) is 0. The molecule has 1 aromatic heterocycles. The number of carbonyl (C=O) groups is 2. The van der Waals surface area contributed by atoms with Crippen molar-refractivity contribution in [2.45, 2.75) is 12.1 Å². The standard InChI is InChI=1S/C27H23N3O3S/c1-2-33-26(32)21-13-15-22(16-14-21)28-25(31)18-34-27-29-23(19-9-5-3-6-10-19)17-24(30-27)20-11-7-4-8-12-20/h3-17H,2,18H2,1H3,(H,28,31). The van der Waals surface area contributed by atoms with Gasteiger partial charge in [-0.1, -0.05) is 72.4 Å². The van der Waals surface area contributed by atoms with Crippen molar-refractivity contribution >= 4 is 29.3 Å². The minimum Gasteiger partial charge on any atom is -0.462 e. The van der Waals surface area contributed by atoms with Gasteiger partial charge in [0.05, 0.1) is 29.3 Å². The second-order valence-corrected chi connectivity index (χ2v) is 8.23. The van der Waals surface area contributed by atoms with Crippen molar-refractivity contribution in [3.63, 3.8) is 0 Å². The Morgan fingerprint density at radius 3 is 1.91 bits per heavy atom. The van der Waals surface area contributed by atoms with Crippen molar-refractivity contribution in [1.82, 2.24) is 9.97 Å². The maximum absolute atomic E-state index is 12.5. The number of rotatable bonds is 8. The fourth-order valence-electron chi connectivity index (χ4n) is 3.23.